The highest BCUT2D eigenvalue weighted by molar-refractivity contribution is 6.33. The Morgan fingerprint density at radius 1 is 1.19 bits per heavy atom. The van der Waals surface area contributed by atoms with E-state index in [4.69, 9.17) is 26.1 Å². The SMILES string of the molecule is CC(COCc1nnnn1C)N[C@H]1CC[C@H](Nc2cc(-c3cccc(NCC4(C#N)CCOCC4)n3)c(Cl)cn2)CC1. The molecular weight excluding hydrogens is 556 g/mol. The zero-order chi connectivity index (χ0) is 29.4. The fourth-order valence-corrected chi connectivity index (χ4v) is 5.71. The van der Waals surface area contributed by atoms with Crippen molar-refractivity contribution < 1.29 is 9.47 Å². The number of rotatable bonds is 12. The molecule has 13 heteroatoms. The maximum Gasteiger partial charge on any atom is 0.176 e. The molecular formula is C29H39ClN10O2. The second kappa shape index (κ2) is 14.2. The van der Waals surface area contributed by atoms with Gasteiger partial charge < -0.3 is 25.4 Å². The number of nitriles is 1. The minimum absolute atomic E-state index is 0.237. The first-order chi connectivity index (χ1) is 20.4. The van der Waals surface area contributed by atoms with Crippen LogP contribution in [-0.2, 0) is 23.1 Å². The van der Waals surface area contributed by atoms with Crippen LogP contribution in [-0.4, -0.2) is 74.7 Å². The van der Waals surface area contributed by atoms with E-state index in [0.717, 1.165) is 55.6 Å². The van der Waals surface area contributed by atoms with E-state index in [-0.39, 0.29) is 6.04 Å². The van der Waals surface area contributed by atoms with Gasteiger partial charge in [-0.15, -0.1) is 5.10 Å². The Labute approximate surface area is 251 Å². The van der Waals surface area contributed by atoms with Crippen molar-refractivity contribution >= 4 is 23.2 Å². The standard InChI is InChI=1S/C29H39ClN10O2/c1-20(16-42-17-28-37-38-39-40(28)2)34-21-6-8-22(9-7-21)35-27-14-23(24(30)15-32-27)25-4-3-5-26(36-25)33-19-29(18-31)10-12-41-13-11-29/h3-5,14-15,20-22,34H,6-13,16-17,19H2,1-2H3,(H,32,35)(H,33,36)/t20?,21-,22-. The number of nitrogens with zero attached hydrogens (tertiary/aromatic N) is 7. The summed E-state index contributed by atoms with van der Waals surface area (Å²) in [7, 11) is 1.81. The van der Waals surface area contributed by atoms with Crippen LogP contribution in [0.15, 0.2) is 30.5 Å². The maximum absolute atomic E-state index is 9.76. The zero-order valence-electron chi connectivity index (χ0n) is 24.2. The highest BCUT2D eigenvalue weighted by Crippen LogP contribution is 2.32. The molecule has 1 saturated carbocycles. The van der Waals surface area contributed by atoms with Crippen LogP contribution in [0.2, 0.25) is 5.02 Å². The molecule has 1 saturated heterocycles. The normalized spacial score (nSPS) is 20.9. The number of tetrazole rings is 1. The summed E-state index contributed by atoms with van der Waals surface area (Å²) in [6.45, 7) is 4.90. The van der Waals surface area contributed by atoms with Crippen LogP contribution in [0.5, 0.6) is 0 Å². The molecule has 3 N–H and O–H groups in total. The smallest absolute Gasteiger partial charge is 0.176 e. The molecule has 1 aliphatic carbocycles. The summed E-state index contributed by atoms with van der Waals surface area (Å²) in [6, 6.07) is 11.3. The lowest BCUT2D eigenvalue weighted by Crippen LogP contribution is -2.43. The van der Waals surface area contributed by atoms with Crippen LogP contribution in [0.3, 0.4) is 0 Å². The number of nitrogens with one attached hydrogen (secondary N) is 3. The van der Waals surface area contributed by atoms with Crippen molar-refractivity contribution in [1.82, 2.24) is 35.5 Å². The third-order valence-electron chi connectivity index (χ3n) is 8.08. The van der Waals surface area contributed by atoms with Gasteiger partial charge in [-0.1, -0.05) is 17.7 Å². The number of anilines is 2. The van der Waals surface area contributed by atoms with E-state index < -0.39 is 5.41 Å². The highest BCUT2D eigenvalue weighted by atomic mass is 35.5. The first-order valence-electron chi connectivity index (χ1n) is 14.6. The first kappa shape index (κ1) is 30.1. The quantitative estimate of drug-likeness (QED) is 0.280. The Bertz CT molecular complexity index is 1350. The van der Waals surface area contributed by atoms with Crippen molar-refractivity contribution in [3.05, 3.63) is 41.3 Å². The molecule has 0 aromatic carbocycles. The third-order valence-corrected chi connectivity index (χ3v) is 8.38. The Morgan fingerprint density at radius 2 is 1.98 bits per heavy atom. The van der Waals surface area contributed by atoms with Gasteiger partial charge in [0.05, 0.1) is 28.8 Å². The largest absolute Gasteiger partial charge is 0.381 e. The van der Waals surface area contributed by atoms with E-state index in [1.165, 1.54) is 0 Å². The number of pyridine rings is 2. The fraction of sp³-hybridized carbons (Fsp3) is 0.586. The van der Waals surface area contributed by atoms with Gasteiger partial charge in [0, 0.05) is 56.7 Å². The topological polar surface area (TPSA) is 148 Å². The van der Waals surface area contributed by atoms with Gasteiger partial charge in [0.1, 0.15) is 18.2 Å². The number of ether oxygens (including phenoxy) is 2. The molecule has 1 aliphatic heterocycles. The molecule has 1 atom stereocenters. The molecule has 2 fully saturated rings. The molecule has 12 nitrogen and oxygen atoms in total. The summed E-state index contributed by atoms with van der Waals surface area (Å²) in [5.74, 6) is 2.22. The zero-order valence-corrected chi connectivity index (χ0v) is 25.0. The number of hydrogen-bond donors (Lipinski definition) is 3. The van der Waals surface area contributed by atoms with Crippen LogP contribution >= 0.6 is 11.6 Å². The van der Waals surface area contributed by atoms with Gasteiger partial charge in [0.2, 0.25) is 0 Å². The molecule has 3 aromatic heterocycles. The van der Waals surface area contributed by atoms with Gasteiger partial charge in [0.15, 0.2) is 5.82 Å². The monoisotopic (exact) mass is 594 g/mol. The van der Waals surface area contributed by atoms with E-state index in [1.54, 1.807) is 17.9 Å². The molecule has 4 heterocycles. The van der Waals surface area contributed by atoms with Crippen molar-refractivity contribution in [2.45, 2.75) is 70.2 Å². The Morgan fingerprint density at radius 3 is 2.71 bits per heavy atom. The summed E-state index contributed by atoms with van der Waals surface area (Å²) < 4.78 is 12.9. The van der Waals surface area contributed by atoms with Crippen molar-refractivity contribution in [3.63, 3.8) is 0 Å². The Balaban J connectivity index is 1.11. The summed E-state index contributed by atoms with van der Waals surface area (Å²) in [6.07, 6.45) is 7.34. The molecule has 0 radical (unpaired) electrons. The number of halogens is 1. The van der Waals surface area contributed by atoms with Crippen molar-refractivity contribution in [2.75, 3.05) is 37.0 Å². The fourth-order valence-electron chi connectivity index (χ4n) is 5.51. The lowest BCUT2D eigenvalue weighted by atomic mass is 9.82. The number of aryl methyl sites for hydroxylation is 1. The van der Waals surface area contributed by atoms with Crippen molar-refractivity contribution in [1.29, 1.82) is 5.26 Å². The van der Waals surface area contributed by atoms with Gasteiger partial charge in [0.25, 0.3) is 0 Å². The molecule has 0 spiro atoms. The van der Waals surface area contributed by atoms with Crippen molar-refractivity contribution in [2.24, 2.45) is 12.5 Å². The third kappa shape index (κ3) is 7.92. The molecule has 224 valence electrons. The molecule has 1 unspecified atom stereocenters. The minimum Gasteiger partial charge on any atom is -0.381 e. The van der Waals surface area contributed by atoms with Crippen LogP contribution in [0, 0.1) is 16.7 Å². The predicted octanol–water partition coefficient (Wildman–Crippen LogP) is 3.97. The highest BCUT2D eigenvalue weighted by Gasteiger charge is 2.32. The van der Waals surface area contributed by atoms with Gasteiger partial charge in [-0.2, -0.15) is 5.26 Å². The van der Waals surface area contributed by atoms with Crippen LogP contribution in [0.1, 0.15) is 51.3 Å². The summed E-state index contributed by atoms with van der Waals surface area (Å²) in [5.41, 5.74) is 1.14. The second-order valence-corrected chi connectivity index (χ2v) is 11.7. The molecule has 5 rings (SSSR count). The minimum atomic E-state index is -0.433. The lowest BCUT2D eigenvalue weighted by molar-refractivity contribution is 0.0455. The lowest BCUT2D eigenvalue weighted by Gasteiger charge is -2.32. The summed E-state index contributed by atoms with van der Waals surface area (Å²) in [4.78, 5) is 9.34. The van der Waals surface area contributed by atoms with E-state index in [0.29, 0.717) is 61.7 Å². The van der Waals surface area contributed by atoms with Gasteiger partial charge in [-0.05, 0) is 74.1 Å². The van der Waals surface area contributed by atoms with Crippen LogP contribution < -0.4 is 16.0 Å². The van der Waals surface area contributed by atoms with E-state index >= 15 is 0 Å². The second-order valence-electron chi connectivity index (χ2n) is 11.3. The average Bonchev–Trinajstić information content (AvgIpc) is 3.43. The first-order valence-corrected chi connectivity index (χ1v) is 15.0. The number of aromatic nitrogens is 6. The van der Waals surface area contributed by atoms with Crippen LogP contribution in [0.25, 0.3) is 11.3 Å². The van der Waals surface area contributed by atoms with E-state index in [1.807, 2.05) is 24.3 Å². The molecule has 0 amide bonds. The van der Waals surface area contributed by atoms with Gasteiger partial charge in [-0.25, -0.2) is 14.6 Å². The van der Waals surface area contributed by atoms with E-state index in [9.17, 15) is 5.26 Å². The maximum atomic E-state index is 9.76. The van der Waals surface area contributed by atoms with Gasteiger partial charge in [-0.3, -0.25) is 0 Å². The molecule has 3 aromatic rings. The predicted molar refractivity (Wildman–Crippen MR) is 160 cm³/mol. The summed E-state index contributed by atoms with van der Waals surface area (Å²) >= 11 is 6.57. The molecule has 42 heavy (non-hydrogen) atoms. The van der Waals surface area contributed by atoms with Crippen LogP contribution in [0.4, 0.5) is 11.6 Å². The molecule has 0 bridgehead atoms. The van der Waals surface area contributed by atoms with Gasteiger partial charge >= 0.3 is 0 Å². The molecule has 2 aliphatic rings. The number of hydrogen-bond acceptors (Lipinski definition) is 11. The Kier molecular flexibility index (Phi) is 10.2. The Hall–Kier alpha value is -3.37. The van der Waals surface area contributed by atoms with E-state index in [2.05, 4.69) is 49.5 Å². The van der Waals surface area contributed by atoms with Crippen molar-refractivity contribution in [3.8, 4) is 17.3 Å². The summed E-state index contributed by atoms with van der Waals surface area (Å²) in [5, 5.41) is 32.4. The average molecular weight is 595 g/mol.